The molecule has 9 radical (unpaired) electrons. The Labute approximate surface area is 818 Å². The van der Waals surface area contributed by atoms with Crippen LogP contribution in [0.25, 0.3) is 0 Å². The monoisotopic (exact) mass is 2990 g/mol. The van der Waals surface area contributed by atoms with E-state index in [2.05, 4.69) is 0 Å². The molecule has 0 amide bonds. The van der Waals surface area contributed by atoms with Gasteiger partial charge in [0, 0.05) is 607 Å². The summed E-state index contributed by atoms with van der Waals surface area (Å²) >= 11 is 0. The molecular weight excluding hydrogens is 2900 g/mol. The van der Waals surface area contributed by atoms with E-state index in [9.17, 15) is 0 Å². The van der Waals surface area contributed by atoms with Gasteiger partial charge in [-0.2, -0.15) is 9.90 Å². The van der Waals surface area contributed by atoms with Crippen molar-refractivity contribution in [3.63, 3.8) is 0 Å². The Bertz CT molecular complexity index is 87.2. The summed E-state index contributed by atoms with van der Waals surface area (Å²) in [5, 5.41) is 0. The Morgan fingerprint density at radius 2 is 0.0820 bits per heavy atom. The second kappa shape index (κ2) is 1400. The second-order valence-electron chi connectivity index (χ2n) is 0. The topological polar surface area (TPSA) is 1290 Å². The van der Waals surface area contributed by atoms with Crippen molar-refractivity contribution in [2.75, 3.05) is 0 Å². The first-order valence-corrected chi connectivity index (χ1v) is 0. The van der Waals surface area contributed by atoms with Crippen LogP contribution in [0.1, 0.15) is 0 Å². The Morgan fingerprint density at radius 1 is 0.0820 bits per heavy atom. The molecule has 1 atom stereocenters. The molecule has 0 aromatic rings. The van der Waals surface area contributed by atoms with Crippen molar-refractivity contribution in [2.24, 2.45) is 0 Å². The summed E-state index contributed by atoms with van der Waals surface area (Å²) in [5.41, 5.74) is 0. The minimum Gasteiger partial charge on any atom is -0.412 e. The van der Waals surface area contributed by atoms with Gasteiger partial charge in [0.1, 0.15) is 0 Å². The molecule has 0 bridgehead atoms. The van der Waals surface area contributed by atoms with Gasteiger partial charge in [0.15, 0.2) is 0 Å². The predicted molar refractivity (Wildman–Crippen MR) is 200 cm³/mol. The van der Waals surface area contributed by atoms with Crippen molar-refractivity contribution in [1.29, 1.82) is 0 Å². The molecule has 1 unspecified atom stereocenters. The minimum atomic E-state index is 0. The van der Waals surface area contributed by atoms with E-state index >= 15 is 0 Å². The Morgan fingerprint density at radius 3 is 0.0820 bits per heavy atom. The molecule has 0 saturated carbocycles. The molecule has 0 saturated heterocycles. The molecule has 0 aliphatic rings. The Kier molecular flexibility index (Phi) is 33300. The third-order valence-corrected chi connectivity index (χ3v) is 0. The summed E-state index contributed by atoms with van der Waals surface area (Å²) in [6, 6.07) is 0. The fourth-order valence-corrected chi connectivity index (χ4v) is 0. The van der Waals surface area contributed by atoms with E-state index in [1.54, 1.807) is 0 Å². The molecule has 0 aliphatic carbocycles. The van der Waals surface area contributed by atoms with Crippen molar-refractivity contribution in [3.05, 3.63) is 0 Å². The van der Waals surface area contributed by atoms with Crippen LogP contribution in [0.2, 0.25) is 0 Å². The van der Waals surface area contributed by atoms with Crippen LogP contribution in [-0.2, 0) is 248 Å². The summed E-state index contributed by atoms with van der Waals surface area (Å²) < 4.78 is 0. The van der Waals surface area contributed by atoms with Gasteiger partial charge in [-0.1, -0.05) is 0 Å². The molecule has 413 valence electrons. The SMILES string of the molecule is O.O.O.O.O.O.O.O.O.O.O.O.O.O.O.O.O.O.O.O.O.O.O.O.O.O.O.O.O.O.O.O.O.O.O.O.O.O.O.O.O.P.[K].[K].[K].[K].[K].[K].[K].[V].[V].[W].[W].[W].[W].[W].[W].[W].[W].[W].[W]. The molecule has 0 spiro atoms. The maximum Gasteiger partial charge on any atom is 0 e. The first kappa shape index (κ1) is 1450. The third-order valence-electron chi connectivity index (χ3n) is 0. The zero-order valence-corrected chi connectivity index (χ0v) is 88.6. The molecule has 0 aliphatic heterocycles. The summed E-state index contributed by atoms with van der Waals surface area (Å²) in [6.07, 6.45) is 0. The molecular formula is H85K7O41PV2W10. The molecule has 0 fully saturated rings. The van der Waals surface area contributed by atoms with Gasteiger partial charge in [0.05, 0.1) is 0 Å². The summed E-state index contributed by atoms with van der Waals surface area (Å²) in [5.74, 6) is 0. The predicted octanol–water partition coefficient (Wildman–Crippen LogP) is -36.5. The van der Waals surface area contributed by atoms with Gasteiger partial charge in [-0.25, -0.2) is 0 Å². The molecule has 61 heavy (non-hydrogen) atoms. The van der Waals surface area contributed by atoms with E-state index in [0.29, 0.717) is 0 Å². The first-order chi connectivity index (χ1) is 0. The van der Waals surface area contributed by atoms with Crippen LogP contribution in [0.15, 0.2) is 0 Å². The summed E-state index contributed by atoms with van der Waals surface area (Å²) in [4.78, 5) is 0. The molecule has 82 N–H and O–H groups in total. The third kappa shape index (κ3) is 1360. The van der Waals surface area contributed by atoms with Gasteiger partial charge in [-0.3, -0.25) is 0 Å². The zero-order chi connectivity index (χ0) is 0. The second-order valence-corrected chi connectivity index (χ2v) is 0. The van der Waals surface area contributed by atoms with Gasteiger partial charge in [0.25, 0.3) is 0 Å². The van der Waals surface area contributed by atoms with Gasteiger partial charge in [-0.15, -0.1) is 0 Å². The van der Waals surface area contributed by atoms with Crippen LogP contribution >= 0.6 is 9.90 Å². The molecule has 0 rings (SSSR count). The van der Waals surface area contributed by atoms with Crippen molar-refractivity contribution in [3.8, 4) is 0 Å². The first-order valence-electron chi connectivity index (χ1n) is 0. The van der Waals surface area contributed by atoms with Crippen LogP contribution in [0.3, 0.4) is 0 Å². The quantitative estimate of drug-likeness (QED) is 0.161. The average molecular weight is 2990 g/mol. The van der Waals surface area contributed by atoms with E-state index < -0.39 is 0 Å². The summed E-state index contributed by atoms with van der Waals surface area (Å²) in [7, 11) is 0. The van der Waals surface area contributed by atoms with Crippen molar-refractivity contribution < 1.29 is 472 Å². The van der Waals surface area contributed by atoms with E-state index in [4.69, 9.17) is 0 Å². The molecule has 0 aromatic heterocycles. The van der Waals surface area contributed by atoms with Crippen LogP contribution in [0, 0.1) is 0 Å². The molecule has 61 heteroatoms. The maximum atomic E-state index is 0. The minimum absolute atomic E-state index is 0. The van der Waals surface area contributed by atoms with Crippen LogP contribution < -0.4 is 0 Å². The van der Waals surface area contributed by atoms with Crippen molar-refractivity contribution in [2.45, 2.75) is 0 Å². The Balaban J connectivity index is 0. The molecule has 0 aromatic carbocycles. The van der Waals surface area contributed by atoms with Crippen LogP contribution in [-0.4, -0.2) is 584 Å². The molecule has 41 nitrogen and oxygen atoms in total. The normalized spacial score (nSPS) is 0. The number of hydrogen-bond acceptors (Lipinski definition) is 0. The van der Waals surface area contributed by atoms with Crippen LogP contribution in [0.5, 0.6) is 0 Å². The van der Waals surface area contributed by atoms with E-state index in [1.165, 1.54) is 0 Å². The Hall–Kier alpha value is 18.3. The van der Waals surface area contributed by atoms with Crippen molar-refractivity contribution in [1.82, 2.24) is 0 Å². The standard InChI is InChI=1S/7K.41H2O.H3P.2V.10W/h;;;;;;;41*1H2;1H3;;;;;;;;;;;;. The van der Waals surface area contributed by atoms with Gasteiger partial charge in [-0.05, 0) is 0 Å². The van der Waals surface area contributed by atoms with Crippen molar-refractivity contribution >= 4 is 370 Å². The number of hydrogen-bond donors (Lipinski definition) is 0. The fraction of sp³-hybridized carbons (Fsp3) is 0. The number of rotatable bonds is 0. The van der Waals surface area contributed by atoms with Crippen LogP contribution in [0.4, 0.5) is 0 Å². The molecule has 0 heterocycles. The summed E-state index contributed by atoms with van der Waals surface area (Å²) in [6.45, 7) is 0. The van der Waals surface area contributed by atoms with Gasteiger partial charge >= 0.3 is 0 Å². The van der Waals surface area contributed by atoms with Gasteiger partial charge < -0.3 is 225 Å². The van der Waals surface area contributed by atoms with Gasteiger partial charge in [0.2, 0.25) is 0 Å². The van der Waals surface area contributed by atoms with E-state index in [-0.39, 0.29) is 842 Å². The average Bonchev–Trinajstić information content (AvgIpc) is 0. The maximum absolute atomic E-state index is 0. The van der Waals surface area contributed by atoms with E-state index in [0.717, 1.165) is 0 Å². The fourth-order valence-electron chi connectivity index (χ4n) is 0. The smallest absolute Gasteiger partial charge is 0 e. The largest absolute Gasteiger partial charge is 0.412 e. The zero-order valence-electron chi connectivity index (χ0n) is 33.2. The van der Waals surface area contributed by atoms with E-state index in [1.807, 2.05) is 0 Å².